The standard InChI is InChI=1S/C35H66O4/c1-3-5-7-9-11-12-13-14-15-16-17-18-19-20-21-23-28-32-35(38)39-33(29-25-22-10-8-6-4-2)30-26-24-27-31-34(36)37/h14-15,33H,3-13,16-32H2,1-2H3,(H,36,37)/b15-14-. The van der Waals surface area contributed by atoms with Gasteiger partial charge in [-0.1, -0.05) is 129 Å². The molecule has 0 aliphatic rings. The van der Waals surface area contributed by atoms with Crippen LogP contribution in [0.4, 0.5) is 0 Å². The molecule has 0 heterocycles. The largest absolute Gasteiger partial charge is 0.481 e. The normalized spacial score (nSPS) is 12.3. The van der Waals surface area contributed by atoms with Gasteiger partial charge in [0.1, 0.15) is 6.10 Å². The number of aliphatic carboxylic acids is 1. The zero-order valence-corrected chi connectivity index (χ0v) is 26.2. The van der Waals surface area contributed by atoms with E-state index in [1.54, 1.807) is 0 Å². The summed E-state index contributed by atoms with van der Waals surface area (Å²) in [5.41, 5.74) is 0. The second kappa shape index (κ2) is 31.2. The molecule has 1 N–H and O–H groups in total. The summed E-state index contributed by atoms with van der Waals surface area (Å²) < 4.78 is 5.87. The van der Waals surface area contributed by atoms with E-state index in [0.717, 1.165) is 44.9 Å². The van der Waals surface area contributed by atoms with E-state index in [0.29, 0.717) is 12.8 Å². The number of carboxylic acid groups (broad SMARTS) is 1. The first-order valence-corrected chi connectivity index (χ1v) is 17.2. The summed E-state index contributed by atoms with van der Waals surface area (Å²) in [5, 5.41) is 8.82. The minimum atomic E-state index is -0.726. The third-order valence-corrected chi connectivity index (χ3v) is 7.74. The molecule has 39 heavy (non-hydrogen) atoms. The van der Waals surface area contributed by atoms with E-state index in [1.165, 1.54) is 116 Å². The van der Waals surface area contributed by atoms with Crippen molar-refractivity contribution in [3.8, 4) is 0 Å². The molecule has 0 aromatic heterocycles. The fraction of sp³-hybridized carbons (Fsp3) is 0.886. The average molecular weight is 551 g/mol. The van der Waals surface area contributed by atoms with Crippen molar-refractivity contribution >= 4 is 11.9 Å². The Labute approximate surface area is 243 Å². The lowest BCUT2D eigenvalue weighted by molar-refractivity contribution is -0.150. The predicted octanol–water partition coefficient (Wildman–Crippen LogP) is 11.5. The van der Waals surface area contributed by atoms with Gasteiger partial charge < -0.3 is 9.84 Å². The number of carbonyl (C=O) groups excluding carboxylic acids is 1. The Hall–Kier alpha value is -1.32. The number of rotatable bonds is 31. The maximum Gasteiger partial charge on any atom is 0.306 e. The van der Waals surface area contributed by atoms with E-state index >= 15 is 0 Å². The lowest BCUT2D eigenvalue weighted by atomic mass is 10.0. The lowest BCUT2D eigenvalue weighted by Gasteiger charge is -2.18. The fourth-order valence-corrected chi connectivity index (χ4v) is 5.18. The molecule has 0 rings (SSSR count). The van der Waals surface area contributed by atoms with Crippen LogP contribution < -0.4 is 0 Å². The highest BCUT2D eigenvalue weighted by Crippen LogP contribution is 2.18. The number of carboxylic acids is 1. The molecule has 0 fully saturated rings. The third kappa shape index (κ3) is 31.1. The Morgan fingerprint density at radius 1 is 0.538 bits per heavy atom. The van der Waals surface area contributed by atoms with Crippen LogP contribution in [0.3, 0.4) is 0 Å². The monoisotopic (exact) mass is 550 g/mol. The minimum absolute atomic E-state index is 0.00773. The molecule has 0 aromatic rings. The molecule has 0 aliphatic carbocycles. The lowest BCUT2D eigenvalue weighted by Crippen LogP contribution is -2.18. The summed E-state index contributed by atoms with van der Waals surface area (Å²) in [6, 6.07) is 0. The molecule has 0 amide bonds. The molecule has 0 saturated carbocycles. The number of unbranched alkanes of at least 4 members (excludes halogenated alkanes) is 20. The van der Waals surface area contributed by atoms with E-state index < -0.39 is 5.97 Å². The summed E-state index contributed by atoms with van der Waals surface area (Å²) in [7, 11) is 0. The fourth-order valence-electron chi connectivity index (χ4n) is 5.18. The SMILES string of the molecule is CCCCCCCC/C=C\CCCCCCCCCC(=O)OC(CCCCCCCC)CCCCCC(=O)O. The van der Waals surface area contributed by atoms with Crippen LogP contribution in [0.25, 0.3) is 0 Å². The molecule has 0 aliphatic heterocycles. The van der Waals surface area contributed by atoms with Crippen molar-refractivity contribution in [2.75, 3.05) is 0 Å². The summed E-state index contributed by atoms with van der Waals surface area (Å²) >= 11 is 0. The van der Waals surface area contributed by atoms with Gasteiger partial charge in [-0.25, -0.2) is 0 Å². The second-order valence-corrected chi connectivity index (χ2v) is 11.7. The van der Waals surface area contributed by atoms with Gasteiger partial charge in [0, 0.05) is 12.8 Å². The third-order valence-electron chi connectivity index (χ3n) is 7.74. The summed E-state index contributed by atoms with van der Waals surface area (Å²) in [6.07, 6.45) is 36.6. The Bertz CT molecular complexity index is 557. The molecule has 1 atom stereocenters. The highest BCUT2D eigenvalue weighted by Gasteiger charge is 2.14. The molecule has 0 aromatic carbocycles. The molecule has 0 spiro atoms. The van der Waals surface area contributed by atoms with E-state index in [4.69, 9.17) is 9.84 Å². The molecular formula is C35H66O4. The van der Waals surface area contributed by atoms with E-state index in [-0.39, 0.29) is 18.5 Å². The molecule has 1 unspecified atom stereocenters. The van der Waals surface area contributed by atoms with E-state index in [9.17, 15) is 9.59 Å². The first-order chi connectivity index (χ1) is 19.1. The van der Waals surface area contributed by atoms with Crippen molar-refractivity contribution in [3.63, 3.8) is 0 Å². The van der Waals surface area contributed by atoms with Crippen LogP contribution >= 0.6 is 0 Å². The van der Waals surface area contributed by atoms with Gasteiger partial charge >= 0.3 is 11.9 Å². The zero-order valence-electron chi connectivity index (χ0n) is 26.2. The van der Waals surface area contributed by atoms with Gasteiger partial charge in [0.2, 0.25) is 0 Å². The minimum Gasteiger partial charge on any atom is -0.481 e. The van der Waals surface area contributed by atoms with Crippen molar-refractivity contribution in [1.29, 1.82) is 0 Å². The molecule has 0 saturated heterocycles. The Morgan fingerprint density at radius 2 is 0.923 bits per heavy atom. The van der Waals surface area contributed by atoms with Crippen LogP contribution in [0.2, 0.25) is 0 Å². The van der Waals surface area contributed by atoms with Gasteiger partial charge in [-0.05, 0) is 64.2 Å². The molecule has 4 heteroatoms. The van der Waals surface area contributed by atoms with Crippen LogP contribution in [-0.4, -0.2) is 23.1 Å². The molecule has 0 radical (unpaired) electrons. The van der Waals surface area contributed by atoms with Crippen LogP contribution in [0.1, 0.15) is 194 Å². The van der Waals surface area contributed by atoms with E-state index in [2.05, 4.69) is 26.0 Å². The summed E-state index contributed by atoms with van der Waals surface area (Å²) in [4.78, 5) is 23.2. The van der Waals surface area contributed by atoms with Gasteiger partial charge in [0.05, 0.1) is 0 Å². The second-order valence-electron chi connectivity index (χ2n) is 11.7. The van der Waals surface area contributed by atoms with Crippen LogP contribution in [0.15, 0.2) is 12.2 Å². The Balaban J connectivity index is 3.80. The maximum atomic E-state index is 12.5. The van der Waals surface area contributed by atoms with Crippen molar-refractivity contribution in [1.82, 2.24) is 0 Å². The number of ether oxygens (including phenoxy) is 1. The average Bonchev–Trinajstić information content (AvgIpc) is 2.91. The van der Waals surface area contributed by atoms with Crippen LogP contribution in [0, 0.1) is 0 Å². The Morgan fingerprint density at radius 3 is 1.41 bits per heavy atom. The van der Waals surface area contributed by atoms with E-state index in [1.807, 2.05) is 0 Å². The number of hydrogen-bond acceptors (Lipinski definition) is 3. The van der Waals surface area contributed by atoms with Crippen molar-refractivity contribution in [2.24, 2.45) is 0 Å². The van der Waals surface area contributed by atoms with Gasteiger partial charge in [-0.15, -0.1) is 0 Å². The van der Waals surface area contributed by atoms with Gasteiger partial charge in [0.25, 0.3) is 0 Å². The van der Waals surface area contributed by atoms with Crippen molar-refractivity contribution in [3.05, 3.63) is 12.2 Å². The predicted molar refractivity (Wildman–Crippen MR) is 167 cm³/mol. The quantitative estimate of drug-likeness (QED) is 0.0529. The first-order valence-electron chi connectivity index (χ1n) is 17.2. The first kappa shape index (κ1) is 37.7. The van der Waals surface area contributed by atoms with Crippen molar-refractivity contribution in [2.45, 2.75) is 200 Å². The van der Waals surface area contributed by atoms with Gasteiger partial charge in [-0.2, -0.15) is 0 Å². The zero-order chi connectivity index (χ0) is 28.7. The number of allylic oxidation sites excluding steroid dienone is 2. The highest BCUT2D eigenvalue weighted by molar-refractivity contribution is 5.69. The van der Waals surface area contributed by atoms with Gasteiger partial charge in [-0.3, -0.25) is 9.59 Å². The number of carbonyl (C=O) groups is 2. The molecule has 230 valence electrons. The highest BCUT2D eigenvalue weighted by atomic mass is 16.5. The van der Waals surface area contributed by atoms with Crippen LogP contribution in [-0.2, 0) is 14.3 Å². The number of hydrogen-bond donors (Lipinski definition) is 1. The summed E-state index contributed by atoms with van der Waals surface area (Å²) in [5.74, 6) is -0.763. The molecular weight excluding hydrogens is 484 g/mol. The molecule has 4 nitrogen and oxygen atoms in total. The van der Waals surface area contributed by atoms with Crippen molar-refractivity contribution < 1.29 is 19.4 Å². The smallest absolute Gasteiger partial charge is 0.306 e. The van der Waals surface area contributed by atoms with Crippen LogP contribution in [0.5, 0.6) is 0 Å². The topological polar surface area (TPSA) is 63.6 Å². The Kier molecular flexibility index (Phi) is 30.2. The number of esters is 1. The molecule has 0 bridgehead atoms. The maximum absolute atomic E-state index is 12.5. The summed E-state index contributed by atoms with van der Waals surface area (Å²) in [6.45, 7) is 4.51. The van der Waals surface area contributed by atoms with Gasteiger partial charge in [0.15, 0.2) is 0 Å².